The Hall–Kier alpha value is -2.59. The fraction of sp³-hybridized carbons (Fsp3) is 0.300. The van der Waals surface area contributed by atoms with Gasteiger partial charge in [0, 0.05) is 34.7 Å². The molecule has 1 fully saturated rings. The minimum absolute atomic E-state index is 0.190. The van der Waals surface area contributed by atoms with Gasteiger partial charge < -0.3 is 15.4 Å². The second kappa shape index (κ2) is 8.27. The molecular weight excluding hydrogens is 475 g/mol. The van der Waals surface area contributed by atoms with Gasteiger partial charge >= 0.3 is 5.97 Å². The third-order valence-electron chi connectivity index (χ3n) is 5.04. The Bertz CT molecular complexity index is 1070. The van der Waals surface area contributed by atoms with E-state index >= 15 is 0 Å². The zero-order valence-corrected chi connectivity index (χ0v) is 18.4. The smallest absolute Gasteiger partial charge is 0.338 e. The number of rotatable bonds is 5. The predicted octanol–water partition coefficient (Wildman–Crippen LogP) is 3.17. The van der Waals surface area contributed by atoms with Gasteiger partial charge in [-0.3, -0.25) is 9.79 Å². The summed E-state index contributed by atoms with van der Waals surface area (Å²) >= 11 is 4.79. The summed E-state index contributed by atoms with van der Waals surface area (Å²) in [4.78, 5) is 35.9. The van der Waals surface area contributed by atoms with Crippen LogP contribution in [0, 0.1) is 11.7 Å². The van der Waals surface area contributed by atoms with Gasteiger partial charge in [0.1, 0.15) is 11.9 Å². The van der Waals surface area contributed by atoms with Crippen LogP contribution in [0.1, 0.15) is 30.0 Å². The van der Waals surface area contributed by atoms with Crippen LogP contribution in [0.4, 0.5) is 4.39 Å². The molecule has 1 unspecified atom stereocenters. The standard InChI is InChI=1S/C20H18BrFN4O3S/c1-2-29-20(28)15-14-7-10(17(23)27)9-26(14)18(19-24-5-6-30-19)25-16(15)12-4-3-11(22)8-13(12)21/h3-6,8,10,16H,2,7,9H2,1H3,(H2,23,27)/t10-,16?/m1/s1. The molecule has 1 aromatic carbocycles. The highest BCUT2D eigenvalue weighted by Crippen LogP contribution is 2.43. The number of hydrogen-bond donors (Lipinski definition) is 1. The minimum atomic E-state index is -0.740. The number of carbonyl (C=O) groups excluding carboxylic acids is 2. The maximum atomic E-state index is 13.7. The van der Waals surface area contributed by atoms with Crippen molar-refractivity contribution in [2.75, 3.05) is 13.2 Å². The van der Waals surface area contributed by atoms with Crippen molar-refractivity contribution >= 4 is 45.0 Å². The number of amidine groups is 1. The van der Waals surface area contributed by atoms with Crippen LogP contribution >= 0.6 is 27.3 Å². The SMILES string of the molecule is CCOC(=O)C1=C2C[C@@H](C(N)=O)CN2C(c2nccs2)=NC1c1ccc(F)cc1Br. The van der Waals surface area contributed by atoms with Crippen molar-refractivity contribution in [2.45, 2.75) is 19.4 Å². The van der Waals surface area contributed by atoms with Gasteiger partial charge in [-0.15, -0.1) is 11.3 Å². The molecule has 0 bridgehead atoms. The summed E-state index contributed by atoms with van der Waals surface area (Å²) in [6, 6.07) is 3.49. The number of primary amides is 1. The fourth-order valence-corrected chi connectivity index (χ4v) is 4.91. The van der Waals surface area contributed by atoms with E-state index in [4.69, 9.17) is 15.5 Å². The first kappa shape index (κ1) is 20.7. The highest BCUT2D eigenvalue weighted by atomic mass is 79.9. The van der Waals surface area contributed by atoms with Gasteiger partial charge in [-0.05, 0) is 24.6 Å². The number of benzene rings is 1. The normalized spacial score (nSPS) is 20.8. The van der Waals surface area contributed by atoms with E-state index in [0.717, 1.165) is 0 Å². The molecule has 156 valence electrons. The first-order chi connectivity index (χ1) is 14.4. The summed E-state index contributed by atoms with van der Waals surface area (Å²) < 4.78 is 19.5. The highest BCUT2D eigenvalue weighted by molar-refractivity contribution is 9.10. The number of carbonyl (C=O) groups is 2. The van der Waals surface area contributed by atoms with Crippen molar-refractivity contribution in [3.63, 3.8) is 0 Å². The summed E-state index contributed by atoms with van der Waals surface area (Å²) in [6.07, 6.45) is 1.96. The lowest BCUT2D eigenvalue weighted by molar-refractivity contribution is -0.139. The van der Waals surface area contributed by atoms with E-state index in [1.165, 1.54) is 23.5 Å². The van der Waals surface area contributed by atoms with Crippen LogP contribution in [0.25, 0.3) is 0 Å². The van der Waals surface area contributed by atoms with E-state index in [9.17, 15) is 14.0 Å². The lowest BCUT2D eigenvalue weighted by Gasteiger charge is -2.31. The summed E-state index contributed by atoms with van der Waals surface area (Å²) in [5.74, 6) is -1.29. The van der Waals surface area contributed by atoms with E-state index in [2.05, 4.69) is 20.9 Å². The first-order valence-electron chi connectivity index (χ1n) is 9.30. The zero-order valence-electron chi connectivity index (χ0n) is 16.0. The van der Waals surface area contributed by atoms with E-state index in [1.807, 2.05) is 10.3 Å². The molecule has 0 aliphatic carbocycles. The maximum Gasteiger partial charge on any atom is 0.338 e. The Morgan fingerprint density at radius 2 is 2.23 bits per heavy atom. The Labute approximate surface area is 184 Å². The monoisotopic (exact) mass is 492 g/mol. The Morgan fingerprint density at radius 1 is 1.43 bits per heavy atom. The summed E-state index contributed by atoms with van der Waals surface area (Å²) in [5, 5.41) is 2.48. The highest BCUT2D eigenvalue weighted by Gasteiger charge is 2.43. The molecule has 0 saturated carbocycles. The van der Waals surface area contributed by atoms with Crippen LogP contribution in [0.15, 0.2) is 50.5 Å². The number of fused-ring (bicyclic) bond motifs is 1. The Kier molecular flexibility index (Phi) is 5.70. The number of esters is 1. The number of aliphatic imine (C=N–C) groups is 1. The molecule has 1 saturated heterocycles. The number of thiazole rings is 1. The van der Waals surface area contributed by atoms with Crippen LogP contribution in [0.5, 0.6) is 0 Å². The van der Waals surface area contributed by atoms with Gasteiger partial charge in [-0.25, -0.2) is 14.2 Å². The molecule has 2 atom stereocenters. The average Bonchev–Trinajstić information content (AvgIpc) is 3.37. The molecule has 30 heavy (non-hydrogen) atoms. The van der Waals surface area contributed by atoms with Gasteiger partial charge in [0.25, 0.3) is 0 Å². The minimum Gasteiger partial charge on any atom is -0.463 e. The van der Waals surface area contributed by atoms with E-state index in [1.54, 1.807) is 19.2 Å². The number of allylic oxidation sites excluding steroid dienone is 1. The summed E-state index contributed by atoms with van der Waals surface area (Å²) in [5.41, 5.74) is 7.16. The van der Waals surface area contributed by atoms with Crippen LogP contribution < -0.4 is 5.73 Å². The van der Waals surface area contributed by atoms with Gasteiger partial charge in [0.15, 0.2) is 10.8 Å². The van der Waals surface area contributed by atoms with Gasteiger partial charge in [-0.2, -0.15) is 0 Å². The summed E-state index contributed by atoms with van der Waals surface area (Å²) in [6.45, 7) is 2.22. The Balaban J connectivity index is 1.92. The molecule has 2 N–H and O–H groups in total. The van der Waals surface area contributed by atoms with Crippen LogP contribution in [-0.4, -0.2) is 40.7 Å². The number of nitrogens with zero attached hydrogens (tertiary/aromatic N) is 3. The molecule has 3 heterocycles. The van der Waals surface area contributed by atoms with Gasteiger partial charge in [-0.1, -0.05) is 22.0 Å². The predicted molar refractivity (Wildman–Crippen MR) is 113 cm³/mol. The lowest BCUT2D eigenvalue weighted by atomic mass is 9.94. The fourth-order valence-electron chi connectivity index (χ4n) is 3.70. The van der Waals surface area contributed by atoms with Crippen LogP contribution in [-0.2, 0) is 14.3 Å². The quantitative estimate of drug-likeness (QED) is 0.646. The maximum absolute atomic E-state index is 13.7. The Morgan fingerprint density at radius 3 is 2.87 bits per heavy atom. The van der Waals surface area contributed by atoms with Gasteiger partial charge in [0.05, 0.1) is 18.1 Å². The second-order valence-corrected chi connectivity index (χ2v) is 8.60. The largest absolute Gasteiger partial charge is 0.463 e. The average molecular weight is 493 g/mol. The molecule has 2 aliphatic heterocycles. The van der Waals surface area contributed by atoms with Gasteiger partial charge in [0.2, 0.25) is 5.91 Å². The molecule has 2 aliphatic rings. The third kappa shape index (κ3) is 3.65. The third-order valence-corrected chi connectivity index (χ3v) is 6.49. The molecule has 10 heteroatoms. The van der Waals surface area contributed by atoms with E-state index < -0.39 is 29.7 Å². The van der Waals surface area contributed by atoms with Crippen molar-refractivity contribution in [3.05, 3.63) is 61.9 Å². The number of nitrogens with two attached hydrogens (primary N) is 1. The molecule has 0 spiro atoms. The zero-order chi connectivity index (χ0) is 21.4. The van der Waals surface area contributed by atoms with Crippen LogP contribution in [0.3, 0.4) is 0 Å². The number of hydrogen-bond acceptors (Lipinski definition) is 7. The number of halogens is 2. The van der Waals surface area contributed by atoms with E-state index in [-0.39, 0.29) is 6.61 Å². The number of aromatic nitrogens is 1. The van der Waals surface area contributed by atoms with Crippen molar-refractivity contribution < 1.29 is 18.7 Å². The van der Waals surface area contributed by atoms with Crippen molar-refractivity contribution in [3.8, 4) is 0 Å². The van der Waals surface area contributed by atoms with Crippen molar-refractivity contribution in [2.24, 2.45) is 16.6 Å². The number of ether oxygens (including phenoxy) is 1. The summed E-state index contributed by atoms with van der Waals surface area (Å²) in [7, 11) is 0. The van der Waals surface area contributed by atoms with Crippen LogP contribution in [0.2, 0.25) is 0 Å². The first-order valence-corrected chi connectivity index (χ1v) is 11.0. The molecule has 2 aromatic rings. The molecule has 4 rings (SSSR count). The second-order valence-electron chi connectivity index (χ2n) is 6.85. The lowest BCUT2D eigenvalue weighted by Crippen LogP contribution is -2.36. The number of amides is 1. The molecule has 1 aromatic heterocycles. The molecule has 1 amide bonds. The topological polar surface area (TPSA) is 97.9 Å². The molecule has 0 radical (unpaired) electrons. The van der Waals surface area contributed by atoms with Crippen molar-refractivity contribution in [1.29, 1.82) is 0 Å². The van der Waals surface area contributed by atoms with Crippen molar-refractivity contribution in [1.82, 2.24) is 9.88 Å². The van der Waals surface area contributed by atoms with E-state index in [0.29, 0.717) is 45.1 Å². The molecular formula is C20H18BrFN4O3S. The molecule has 7 nitrogen and oxygen atoms in total.